The number of nitrogens with one attached hydrogen (secondary N) is 2. The van der Waals surface area contributed by atoms with Crippen molar-refractivity contribution in [1.82, 2.24) is 10.6 Å². The maximum absolute atomic E-state index is 12.5. The van der Waals surface area contributed by atoms with Gasteiger partial charge in [-0.2, -0.15) is 0 Å². The van der Waals surface area contributed by atoms with Crippen molar-refractivity contribution in [3.63, 3.8) is 0 Å². The first-order valence-corrected chi connectivity index (χ1v) is 14.4. The molecule has 0 aromatic heterocycles. The van der Waals surface area contributed by atoms with Gasteiger partial charge in [0.1, 0.15) is 0 Å². The lowest BCUT2D eigenvalue weighted by atomic mass is 10.1. The summed E-state index contributed by atoms with van der Waals surface area (Å²) >= 11 is 0. The topological polar surface area (TPSA) is 180 Å². The van der Waals surface area contributed by atoms with Crippen molar-refractivity contribution in [3.05, 3.63) is 35.4 Å². The van der Waals surface area contributed by atoms with Crippen LogP contribution in [0.1, 0.15) is 20.7 Å². The Hall–Kier alpha value is -1.22. The van der Waals surface area contributed by atoms with Crippen molar-refractivity contribution in [2.24, 2.45) is 0 Å². The molecule has 0 saturated carbocycles. The van der Waals surface area contributed by atoms with E-state index in [1.807, 2.05) is 0 Å². The van der Waals surface area contributed by atoms with Crippen molar-refractivity contribution in [2.75, 3.05) is 63.5 Å². The molecule has 0 aliphatic rings. The van der Waals surface area contributed by atoms with Crippen LogP contribution < -0.4 is 10.6 Å². The Morgan fingerprint density at radius 2 is 0.933 bits per heavy atom. The van der Waals surface area contributed by atoms with Gasteiger partial charge in [0.15, 0.2) is 38.1 Å². The van der Waals surface area contributed by atoms with Crippen LogP contribution in [0.3, 0.4) is 0 Å². The van der Waals surface area contributed by atoms with E-state index in [1.54, 1.807) is 12.1 Å². The van der Waals surface area contributed by atoms with Crippen LogP contribution in [0.4, 0.5) is 0 Å². The zero-order valence-electron chi connectivity index (χ0n) is 16.8. The second kappa shape index (κ2) is 13.2. The normalized spacial score (nSPS) is 11.9. The SMILES string of the molecule is O=C(NCC[P+](CO)(CO)CO)c1ccccc1C(=O)NCC[P+](CO)(CO)CO. The molecule has 10 nitrogen and oxygen atoms in total. The van der Waals surface area contributed by atoms with Gasteiger partial charge in [-0.3, -0.25) is 9.59 Å². The van der Waals surface area contributed by atoms with Crippen LogP contribution in [-0.2, 0) is 0 Å². The van der Waals surface area contributed by atoms with E-state index in [-0.39, 0.29) is 74.6 Å². The van der Waals surface area contributed by atoms with E-state index >= 15 is 0 Å². The highest BCUT2D eigenvalue weighted by atomic mass is 31.2. The molecule has 0 atom stereocenters. The summed E-state index contributed by atoms with van der Waals surface area (Å²) in [5, 5.41) is 61.6. The lowest BCUT2D eigenvalue weighted by molar-refractivity contribution is 0.0921. The Kier molecular flexibility index (Phi) is 11.8. The van der Waals surface area contributed by atoms with Crippen LogP contribution in [0.5, 0.6) is 0 Å². The largest absolute Gasteiger partial charge is 0.362 e. The minimum absolute atomic E-state index is 0.126. The van der Waals surface area contributed by atoms with Crippen molar-refractivity contribution in [1.29, 1.82) is 0 Å². The number of hydrogen-bond donors (Lipinski definition) is 8. The molecule has 0 fully saturated rings. The van der Waals surface area contributed by atoms with Crippen LogP contribution in [0.2, 0.25) is 0 Å². The molecule has 0 spiro atoms. The number of rotatable bonds is 14. The van der Waals surface area contributed by atoms with Crippen LogP contribution >= 0.6 is 14.5 Å². The van der Waals surface area contributed by atoms with E-state index in [0.29, 0.717) is 0 Å². The quantitative estimate of drug-likeness (QED) is 0.159. The smallest absolute Gasteiger partial charge is 0.252 e. The average Bonchev–Trinajstić information content (AvgIpc) is 2.80. The molecule has 0 saturated heterocycles. The van der Waals surface area contributed by atoms with Gasteiger partial charge in [0.05, 0.1) is 51.1 Å². The predicted molar refractivity (Wildman–Crippen MR) is 117 cm³/mol. The number of carbonyl (C=O) groups is 2. The number of aliphatic hydroxyl groups is 6. The minimum atomic E-state index is -2.34. The van der Waals surface area contributed by atoms with Crippen molar-refractivity contribution in [3.8, 4) is 0 Å². The summed E-state index contributed by atoms with van der Waals surface area (Å²) in [6, 6.07) is 6.20. The summed E-state index contributed by atoms with van der Waals surface area (Å²) in [5.74, 6) is -1.01. The predicted octanol–water partition coefficient (Wildman–Crippen LogP) is -1.12. The highest BCUT2D eigenvalue weighted by Crippen LogP contribution is 2.55. The van der Waals surface area contributed by atoms with Gasteiger partial charge in [0.25, 0.3) is 11.8 Å². The zero-order valence-corrected chi connectivity index (χ0v) is 18.6. The molecule has 1 aromatic carbocycles. The summed E-state index contributed by atoms with van der Waals surface area (Å²) in [4.78, 5) is 25.1. The summed E-state index contributed by atoms with van der Waals surface area (Å²) in [7, 11) is -4.69. The minimum Gasteiger partial charge on any atom is -0.362 e. The first kappa shape index (κ1) is 26.8. The van der Waals surface area contributed by atoms with Crippen LogP contribution in [0, 0.1) is 0 Å². The number of aliphatic hydroxyl groups excluding tert-OH is 6. The molecule has 2 amide bonds. The molecule has 0 aliphatic carbocycles. The monoisotopic (exact) mass is 466 g/mol. The van der Waals surface area contributed by atoms with Gasteiger partial charge in [-0.1, -0.05) is 12.1 Å². The fourth-order valence-corrected chi connectivity index (χ4v) is 5.13. The molecule has 0 heterocycles. The molecule has 12 heteroatoms. The maximum Gasteiger partial charge on any atom is 0.252 e. The summed E-state index contributed by atoms with van der Waals surface area (Å²) in [6.45, 7) is 0.251. The van der Waals surface area contributed by atoms with Gasteiger partial charge in [-0.05, 0) is 12.1 Å². The molecule has 170 valence electrons. The van der Waals surface area contributed by atoms with E-state index in [0.717, 1.165) is 0 Å². The second-order valence-electron chi connectivity index (χ2n) is 7.04. The summed E-state index contributed by atoms with van der Waals surface area (Å²) in [5.41, 5.74) is 0.284. The van der Waals surface area contributed by atoms with E-state index in [9.17, 15) is 40.2 Å². The standard InChI is InChI=1S/C18H30N2O8P2/c21-9-29(10-22,11-23)7-5-19-17(27)15-3-1-2-4-16(15)18(28)20-6-8-30(12-24,13-25)14-26/h1-4,21-26H,5-14H2/p+2. The molecule has 1 aromatic rings. The van der Waals surface area contributed by atoms with Gasteiger partial charge in [-0.15, -0.1) is 0 Å². The molecule has 1 rings (SSSR count). The third-order valence-electron chi connectivity index (χ3n) is 4.96. The lowest BCUT2D eigenvalue weighted by Crippen LogP contribution is -2.33. The Bertz CT molecular complexity index is 610. The molecule has 0 bridgehead atoms. The Morgan fingerprint density at radius 3 is 1.20 bits per heavy atom. The van der Waals surface area contributed by atoms with Gasteiger partial charge in [0, 0.05) is 0 Å². The fourth-order valence-electron chi connectivity index (χ4n) is 2.58. The van der Waals surface area contributed by atoms with Crippen LogP contribution in [0.25, 0.3) is 0 Å². The first-order chi connectivity index (χ1) is 14.4. The highest BCUT2D eigenvalue weighted by Gasteiger charge is 2.36. The van der Waals surface area contributed by atoms with Gasteiger partial charge in [-0.25, -0.2) is 0 Å². The molecule has 0 radical (unpaired) electrons. The third kappa shape index (κ3) is 7.18. The van der Waals surface area contributed by atoms with Crippen molar-refractivity contribution in [2.45, 2.75) is 0 Å². The van der Waals surface area contributed by atoms with E-state index in [4.69, 9.17) is 0 Å². The van der Waals surface area contributed by atoms with E-state index < -0.39 is 26.3 Å². The molecular weight excluding hydrogens is 434 g/mol. The molecule has 0 unspecified atom stereocenters. The summed E-state index contributed by atoms with van der Waals surface area (Å²) < 4.78 is 0. The molecule has 8 N–H and O–H groups in total. The second-order valence-corrected chi connectivity index (χ2v) is 15.0. The molecular formula is C18H32N2O8P2+2. The molecule has 30 heavy (non-hydrogen) atoms. The maximum atomic E-state index is 12.5. The molecule has 0 aliphatic heterocycles. The third-order valence-corrected chi connectivity index (χ3v) is 10.9. The zero-order chi connectivity index (χ0) is 22.6. The highest BCUT2D eigenvalue weighted by molar-refractivity contribution is 7.75. The van der Waals surface area contributed by atoms with Crippen molar-refractivity contribution >= 4 is 26.3 Å². The summed E-state index contributed by atoms with van der Waals surface area (Å²) in [6.07, 6.45) is -1.44. The lowest BCUT2D eigenvalue weighted by Gasteiger charge is -2.21. The fraction of sp³-hybridized carbons (Fsp3) is 0.556. The number of benzene rings is 1. The number of amides is 2. The van der Waals surface area contributed by atoms with Crippen LogP contribution in [0.15, 0.2) is 24.3 Å². The van der Waals surface area contributed by atoms with Gasteiger partial charge < -0.3 is 41.3 Å². The number of hydrogen-bond acceptors (Lipinski definition) is 8. The number of carbonyl (C=O) groups excluding carboxylic acids is 2. The first-order valence-electron chi connectivity index (χ1n) is 9.37. The average molecular weight is 466 g/mol. The van der Waals surface area contributed by atoms with Gasteiger partial charge in [0.2, 0.25) is 0 Å². The Morgan fingerprint density at radius 1 is 0.633 bits per heavy atom. The Labute approximate surface area is 176 Å². The van der Waals surface area contributed by atoms with Crippen molar-refractivity contribution < 1.29 is 40.2 Å². The van der Waals surface area contributed by atoms with Crippen LogP contribution in [-0.4, -0.2) is 106 Å². The Balaban J connectivity index is 2.74. The van der Waals surface area contributed by atoms with Gasteiger partial charge >= 0.3 is 0 Å². The van der Waals surface area contributed by atoms with E-state index in [2.05, 4.69) is 10.6 Å². The van der Waals surface area contributed by atoms with E-state index in [1.165, 1.54) is 12.1 Å².